The van der Waals surface area contributed by atoms with Gasteiger partial charge in [0.1, 0.15) is 0 Å². The number of rotatable bonds is 3. The van der Waals surface area contributed by atoms with Crippen LogP contribution in [-0.4, -0.2) is 26.8 Å². The fourth-order valence-corrected chi connectivity index (χ4v) is 2.26. The highest BCUT2D eigenvalue weighted by molar-refractivity contribution is 4.79. The van der Waals surface area contributed by atoms with E-state index in [1.807, 2.05) is 14.2 Å². The van der Waals surface area contributed by atoms with E-state index in [-0.39, 0.29) is 0 Å². The van der Waals surface area contributed by atoms with Gasteiger partial charge in [-0.1, -0.05) is 6.92 Å². The zero-order chi connectivity index (χ0) is 8.97. The molecule has 0 spiro atoms. The minimum absolute atomic E-state index is 0.494. The van der Waals surface area contributed by atoms with Gasteiger partial charge in [0, 0.05) is 13.7 Å². The van der Waals surface area contributed by atoms with Crippen LogP contribution < -0.4 is 5.32 Å². The van der Waals surface area contributed by atoms with Gasteiger partial charge < -0.3 is 10.1 Å². The lowest BCUT2D eigenvalue weighted by molar-refractivity contribution is 0.0116. The maximum atomic E-state index is 5.46. The van der Waals surface area contributed by atoms with Crippen molar-refractivity contribution in [2.75, 3.05) is 20.7 Å². The molecule has 1 aliphatic carbocycles. The van der Waals surface area contributed by atoms with E-state index in [0.717, 1.165) is 18.4 Å². The lowest BCUT2D eigenvalue weighted by atomic mass is 9.80. The van der Waals surface area contributed by atoms with Crippen LogP contribution in [0.15, 0.2) is 0 Å². The fourth-order valence-electron chi connectivity index (χ4n) is 2.26. The SMILES string of the molecule is CNCC1CC(C)CCC1OC. The Morgan fingerprint density at radius 2 is 2.17 bits per heavy atom. The Morgan fingerprint density at radius 3 is 2.75 bits per heavy atom. The molecule has 3 unspecified atom stereocenters. The molecule has 1 rings (SSSR count). The number of hydrogen-bond acceptors (Lipinski definition) is 2. The summed E-state index contributed by atoms with van der Waals surface area (Å²) in [7, 11) is 3.86. The molecule has 0 aromatic rings. The van der Waals surface area contributed by atoms with E-state index in [1.54, 1.807) is 0 Å². The van der Waals surface area contributed by atoms with Crippen LogP contribution in [0.3, 0.4) is 0 Å². The molecule has 0 aromatic heterocycles. The maximum Gasteiger partial charge on any atom is 0.0611 e. The first-order chi connectivity index (χ1) is 5.77. The third-order valence-electron chi connectivity index (χ3n) is 2.94. The standard InChI is InChI=1S/C10H21NO/c1-8-4-5-10(12-3)9(6-8)7-11-2/h8-11H,4-7H2,1-3H3. The van der Waals surface area contributed by atoms with Crippen LogP contribution in [0, 0.1) is 11.8 Å². The second-order valence-electron chi connectivity index (χ2n) is 4.01. The molecule has 1 fully saturated rings. The normalized spacial score (nSPS) is 36.8. The first-order valence-electron chi connectivity index (χ1n) is 4.95. The van der Waals surface area contributed by atoms with Gasteiger partial charge in [-0.15, -0.1) is 0 Å². The second kappa shape index (κ2) is 4.83. The van der Waals surface area contributed by atoms with Gasteiger partial charge in [-0.3, -0.25) is 0 Å². The van der Waals surface area contributed by atoms with Gasteiger partial charge in [0.05, 0.1) is 6.10 Å². The summed E-state index contributed by atoms with van der Waals surface area (Å²) in [6, 6.07) is 0. The van der Waals surface area contributed by atoms with E-state index in [1.165, 1.54) is 19.3 Å². The molecule has 1 aliphatic rings. The first kappa shape index (κ1) is 10.0. The highest BCUT2D eigenvalue weighted by atomic mass is 16.5. The Kier molecular flexibility index (Phi) is 4.02. The van der Waals surface area contributed by atoms with Gasteiger partial charge in [-0.2, -0.15) is 0 Å². The Morgan fingerprint density at radius 1 is 1.42 bits per heavy atom. The summed E-state index contributed by atoms with van der Waals surface area (Å²) in [5.74, 6) is 1.61. The molecule has 0 heterocycles. The molecular weight excluding hydrogens is 150 g/mol. The van der Waals surface area contributed by atoms with E-state index in [2.05, 4.69) is 12.2 Å². The quantitative estimate of drug-likeness (QED) is 0.697. The average Bonchev–Trinajstić information content (AvgIpc) is 2.05. The smallest absolute Gasteiger partial charge is 0.0611 e. The minimum atomic E-state index is 0.494. The lowest BCUT2D eigenvalue weighted by Gasteiger charge is -2.33. The topological polar surface area (TPSA) is 21.3 Å². The molecule has 0 radical (unpaired) electrons. The van der Waals surface area contributed by atoms with Crippen molar-refractivity contribution < 1.29 is 4.74 Å². The minimum Gasteiger partial charge on any atom is -0.381 e. The molecule has 72 valence electrons. The van der Waals surface area contributed by atoms with E-state index >= 15 is 0 Å². The maximum absolute atomic E-state index is 5.46. The predicted octanol–water partition coefficient (Wildman–Crippen LogP) is 1.66. The summed E-state index contributed by atoms with van der Waals surface area (Å²) in [5.41, 5.74) is 0. The Bertz CT molecular complexity index is 127. The van der Waals surface area contributed by atoms with Crippen molar-refractivity contribution in [3.8, 4) is 0 Å². The third-order valence-corrected chi connectivity index (χ3v) is 2.94. The highest BCUT2D eigenvalue weighted by Gasteiger charge is 2.27. The predicted molar refractivity (Wildman–Crippen MR) is 51.2 cm³/mol. The summed E-state index contributed by atoms with van der Waals surface area (Å²) in [4.78, 5) is 0. The molecule has 12 heavy (non-hydrogen) atoms. The molecule has 2 heteroatoms. The van der Waals surface area contributed by atoms with Crippen LogP contribution in [0.1, 0.15) is 26.2 Å². The van der Waals surface area contributed by atoms with Crippen molar-refractivity contribution in [3.63, 3.8) is 0 Å². The molecule has 0 bridgehead atoms. The van der Waals surface area contributed by atoms with Crippen LogP contribution in [0.4, 0.5) is 0 Å². The summed E-state index contributed by atoms with van der Waals surface area (Å²) in [6.07, 6.45) is 4.39. The molecule has 0 aromatic carbocycles. The van der Waals surface area contributed by atoms with E-state index in [0.29, 0.717) is 6.10 Å². The van der Waals surface area contributed by atoms with Gasteiger partial charge in [0.2, 0.25) is 0 Å². The number of ether oxygens (including phenoxy) is 1. The zero-order valence-electron chi connectivity index (χ0n) is 8.47. The second-order valence-corrected chi connectivity index (χ2v) is 4.01. The molecule has 0 amide bonds. The number of hydrogen-bond donors (Lipinski definition) is 1. The van der Waals surface area contributed by atoms with Gasteiger partial charge in [0.15, 0.2) is 0 Å². The van der Waals surface area contributed by atoms with Gasteiger partial charge in [0.25, 0.3) is 0 Å². The van der Waals surface area contributed by atoms with Crippen molar-refractivity contribution in [2.45, 2.75) is 32.3 Å². The Balaban J connectivity index is 2.40. The molecule has 3 atom stereocenters. The van der Waals surface area contributed by atoms with Crippen molar-refractivity contribution >= 4 is 0 Å². The number of nitrogens with one attached hydrogen (secondary N) is 1. The van der Waals surface area contributed by atoms with Crippen LogP contribution >= 0.6 is 0 Å². The number of methoxy groups -OCH3 is 1. The monoisotopic (exact) mass is 171 g/mol. The van der Waals surface area contributed by atoms with Crippen LogP contribution in [0.2, 0.25) is 0 Å². The molecule has 1 saturated carbocycles. The molecule has 1 N–H and O–H groups in total. The summed E-state index contributed by atoms with van der Waals surface area (Å²) in [6.45, 7) is 3.44. The molecule has 2 nitrogen and oxygen atoms in total. The Labute approximate surface area is 75.7 Å². The van der Waals surface area contributed by atoms with Crippen LogP contribution in [0.25, 0.3) is 0 Å². The van der Waals surface area contributed by atoms with E-state index < -0.39 is 0 Å². The van der Waals surface area contributed by atoms with Crippen molar-refractivity contribution in [3.05, 3.63) is 0 Å². The van der Waals surface area contributed by atoms with Crippen molar-refractivity contribution in [2.24, 2.45) is 11.8 Å². The third kappa shape index (κ3) is 2.46. The van der Waals surface area contributed by atoms with E-state index in [9.17, 15) is 0 Å². The van der Waals surface area contributed by atoms with Crippen molar-refractivity contribution in [1.82, 2.24) is 5.32 Å². The van der Waals surface area contributed by atoms with Crippen molar-refractivity contribution in [1.29, 1.82) is 0 Å². The largest absolute Gasteiger partial charge is 0.381 e. The average molecular weight is 171 g/mol. The summed E-state index contributed by atoms with van der Waals surface area (Å²) >= 11 is 0. The Hall–Kier alpha value is -0.0800. The van der Waals surface area contributed by atoms with Crippen LogP contribution in [-0.2, 0) is 4.74 Å². The van der Waals surface area contributed by atoms with Gasteiger partial charge >= 0.3 is 0 Å². The molecule has 0 aliphatic heterocycles. The first-order valence-corrected chi connectivity index (χ1v) is 4.95. The fraction of sp³-hybridized carbons (Fsp3) is 1.00. The summed E-state index contributed by atoms with van der Waals surface area (Å²) in [5, 5.41) is 3.24. The lowest BCUT2D eigenvalue weighted by Crippen LogP contribution is -2.36. The summed E-state index contributed by atoms with van der Waals surface area (Å²) < 4.78 is 5.46. The molecule has 0 saturated heterocycles. The van der Waals surface area contributed by atoms with Gasteiger partial charge in [-0.05, 0) is 38.1 Å². The van der Waals surface area contributed by atoms with E-state index in [4.69, 9.17) is 4.74 Å². The molecular formula is C10H21NO. The van der Waals surface area contributed by atoms with Gasteiger partial charge in [-0.25, -0.2) is 0 Å². The van der Waals surface area contributed by atoms with Crippen LogP contribution in [0.5, 0.6) is 0 Å². The zero-order valence-corrected chi connectivity index (χ0v) is 8.47. The highest BCUT2D eigenvalue weighted by Crippen LogP contribution is 2.30.